The molecule has 0 atom stereocenters. The largest absolute Gasteiger partial charge is 0.309 e. The van der Waals surface area contributed by atoms with Crippen LogP contribution in [0.1, 0.15) is 11.3 Å². The van der Waals surface area contributed by atoms with Gasteiger partial charge in [0.2, 0.25) is 0 Å². The van der Waals surface area contributed by atoms with Crippen LogP contribution in [0.25, 0.3) is 0 Å². The Bertz CT molecular complexity index is 369. The lowest BCUT2D eigenvalue weighted by Crippen LogP contribution is -2.14. The quantitative estimate of drug-likeness (QED) is 0.728. The molecule has 1 heterocycles. The van der Waals surface area contributed by atoms with Gasteiger partial charge in [-0.05, 0) is 33.2 Å². The Morgan fingerprint density at radius 3 is 2.80 bits per heavy atom. The van der Waals surface area contributed by atoms with Gasteiger partial charge in [0.15, 0.2) is 0 Å². The van der Waals surface area contributed by atoms with Gasteiger partial charge in [0, 0.05) is 18.0 Å². The molecule has 1 aromatic heterocycles. The minimum absolute atomic E-state index is 0.671. The zero-order valence-electron chi connectivity index (χ0n) is 9.32. The van der Waals surface area contributed by atoms with Gasteiger partial charge in [0.25, 0.3) is 0 Å². The van der Waals surface area contributed by atoms with Crippen molar-refractivity contribution in [3.63, 3.8) is 0 Å². The van der Waals surface area contributed by atoms with E-state index in [0.29, 0.717) is 5.56 Å². The van der Waals surface area contributed by atoms with Gasteiger partial charge in [-0.25, -0.2) is 4.98 Å². The topological polar surface area (TPSA) is 39.9 Å². The lowest BCUT2D eigenvalue weighted by molar-refractivity contribution is 0.437. The Balaban J connectivity index is 2.67. The van der Waals surface area contributed by atoms with E-state index in [2.05, 4.69) is 16.0 Å². The third-order valence-corrected chi connectivity index (χ3v) is 2.87. The van der Waals surface area contributed by atoms with Crippen LogP contribution in [0.4, 0.5) is 0 Å². The molecule has 0 aliphatic carbocycles. The first-order valence-electron chi connectivity index (χ1n) is 4.78. The highest BCUT2D eigenvalue weighted by atomic mass is 32.2. The zero-order chi connectivity index (χ0) is 11.3. The zero-order valence-corrected chi connectivity index (χ0v) is 10.1. The van der Waals surface area contributed by atoms with Crippen molar-refractivity contribution in [2.24, 2.45) is 0 Å². The SMILES string of the molecule is Cc1ccc(C#N)c(SCCN(C)C)n1. The van der Waals surface area contributed by atoms with E-state index >= 15 is 0 Å². The summed E-state index contributed by atoms with van der Waals surface area (Å²) in [5.41, 5.74) is 1.63. The summed E-state index contributed by atoms with van der Waals surface area (Å²) in [6, 6.07) is 5.87. The molecular formula is C11H15N3S. The number of hydrogen-bond acceptors (Lipinski definition) is 4. The predicted molar refractivity (Wildman–Crippen MR) is 63.0 cm³/mol. The molecule has 0 radical (unpaired) electrons. The summed E-state index contributed by atoms with van der Waals surface area (Å²) in [6.45, 7) is 2.93. The Hall–Kier alpha value is -1.05. The number of aromatic nitrogens is 1. The van der Waals surface area contributed by atoms with Crippen LogP contribution in [-0.2, 0) is 0 Å². The third-order valence-electron chi connectivity index (χ3n) is 1.90. The summed E-state index contributed by atoms with van der Waals surface area (Å²) in [4.78, 5) is 6.48. The third kappa shape index (κ3) is 3.90. The lowest BCUT2D eigenvalue weighted by atomic mass is 10.3. The van der Waals surface area contributed by atoms with Crippen LogP contribution < -0.4 is 0 Å². The highest BCUT2D eigenvalue weighted by molar-refractivity contribution is 7.99. The highest BCUT2D eigenvalue weighted by Gasteiger charge is 2.04. The molecule has 4 heteroatoms. The van der Waals surface area contributed by atoms with Crippen LogP contribution >= 0.6 is 11.8 Å². The van der Waals surface area contributed by atoms with Crippen molar-refractivity contribution in [1.29, 1.82) is 5.26 Å². The second-order valence-corrected chi connectivity index (χ2v) is 4.65. The van der Waals surface area contributed by atoms with E-state index in [1.165, 1.54) is 0 Å². The van der Waals surface area contributed by atoms with Gasteiger partial charge in [-0.1, -0.05) is 0 Å². The molecule has 0 aromatic carbocycles. The second-order valence-electron chi connectivity index (χ2n) is 3.57. The monoisotopic (exact) mass is 221 g/mol. The van der Waals surface area contributed by atoms with Gasteiger partial charge in [-0.2, -0.15) is 5.26 Å². The first kappa shape index (κ1) is 12.0. The Labute approximate surface area is 95.1 Å². The Morgan fingerprint density at radius 2 is 2.20 bits per heavy atom. The van der Waals surface area contributed by atoms with Crippen molar-refractivity contribution in [2.45, 2.75) is 11.9 Å². The van der Waals surface area contributed by atoms with Gasteiger partial charge >= 0.3 is 0 Å². The van der Waals surface area contributed by atoms with Crippen LogP contribution in [0.5, 0.6) is 0 Å². The molecule has 0 amide bonds. The highest BCUT2D eigenvalue weighted by Crippen LogP contribution is 2.19. The minimum atomic E-state index is 0.671. The fourth-order valence-corrected chi connectivity index (χ4v) is 2.18. The van der Waals surface area contributed by atoms with Crippen molar-refractivity contribution < 1.29 is 0 Å². The number of pyridine rings is 1. The molecule has 0 N–H and O–H groups in total. The predicted octanol–water partition coefficient (Wildman–Crippen LogP) is 1.92. The molecule has 0 saturated carbocycles. The van der Waals surface area contributed by atoms with Gasteiger partial charge in [0.1, 0.15) is 11.1 Å². The average molecular weight is 221 g/mol. The molecule has 0 saturated heterocycles. The van der Waals surface area contributed by atoms with Crippen LogP contribution in [0.15, 0.2) is 17.2 Å². The van der Waals surface area contributed by atoms with E-state index in [1.54, 1.807) is 11.8 Å². The molecule has 15 heavy (non-hydrogen) atoms. The molecule has 0 aliphatic rings. The maximum Gasteiger partial charge on any atom is 0.114 e. The van der Waals surface area contributed by atoms with Crippen LogP contribution in [0, 0.1) is 18.3 Å². The van der Waals surface area contributed by atoms with Gasteiger partial charge in [0.05, 0.1) is 5.56 Å². The number of nitriles is 1. The number of thioether (sulfide) groups is 1. The van der Waals surface area contributed by atoms with Crippen molar-refractivity contribution in [3.8, 4) is 6.07 Å². The van der Waals surface area contributed by atoms with Crippen molar-refractivity contribution in [3.05, 3.63) is 23.4 Å². The number of nitrogens with zero attached hydrogens (tertiary/aromatic N) is 3. The first-order chi connectivity index (χ1) is 7.13. The number of hydrogen-bond donors (Lipinski definition) is 0. The van der Waals surface area contributed by atoms with E-state index < -0.39 is 0 Å². The molecule has 0 bridgehead atoms. The normalized spacial score (nSPS) is 10.3. The van der Waals surface area contributed by atoms with Crippen molar-refractivity contribution in [2.75, 3.05) is 26.4 Å². The minimum Gasteiger partial charge on any atom is -0.309 e. The average Bonchev–Trinajstić information content (AvgIpc) is 2.17. The van der Waals surface area contributed by atoms with E-state index in [1.807, 2.05) is 33.2 Å². The summed E-state index contributed by atoms with van der Waals surface area (Å²) < 4.78 is 0. The summed E-state index contributed by atoms with van der Waals surface area (Å²) >= 11 is 1.64. The van der Waals surface area contributed by atoms with E-state index in [-0.39, 0.29) is 0 Å². The molecule has 0 spiro atoms. The van der Waals surface area contributed by atoms with Gasteiger partial charge in [-0.15, -0.1) is 11.8 Å². The molecule has 0 aliphatic heterocycles. The molecule has 1 rings (SSSR count). The standard InChI is InChI=1S/C11H15N3S/c1-9-4-5-10(8-12)11(13-9)15-7-6-14(2)3/h4-5H,6-7H2,1-3H3. The molecule has 80 valence electrons. The molecular weight excluding hydrogens is 206 g/mol. The fourth-order valence-electron chi connectivity index (χ4n) is 1.05. The number of rotatable bonds is 4. The fraction of sp³-hybridized carbons (Fsp3) is 0.455. The van der Waals surface area contributed by atoms with Crippen LogP contribution in [0.2, 0.25) is 0 Å². The molecule has 0 fully saturated rings. The summed E-state index contributed by atoms with van der Waals surface area (Å²) in [5, 5.41) is 9.75. The van der Waals surface area contributed by atoms with Crippen molar-refractivity contribution >= 4 is 11.8 Å². The summed E-state index contributed by atoms with van der Waals surface area (Å²) in [7, 11) is 4.07. The Kier molecular flexibility index (Phi) is 4.60. The van der Waals surface area contributed by atoms with Gasteiger partial charge in [-0.3, -0.25) is 0 Å². The maximum atomic E-state index is 8.90. The number of aryl methyl sites for hydroxylation is 1. The van der Waals surface area contributed by atoms with Crippen molar-refractivity contribution in [1.82, 2.24) is 9.88 Å². The van der Waals surface area contributed by atoms with Crippen LogP contribution in [-0.4, -0.2) is 36.3 Å². The van der Waals surface area contributed by atoms with E-state index in [4.69, 9.17) is 5.26 Å². The Morgan fingerprint density at radius 1 is 1.47 bits per heavy atom. The molecule has 0 unspecified atom stereocenters. The van der Waals surface area contributed by atoms with Crippen LogP contribution in [0.3, 0.4) is 0 Å². The maximum absolute atomic E-state index is 8.90. The summed E-state index contributed by atoms with van der Waals surface area (Å²) in [5.74, 6) is 0.956. The first-order valence-corrected chi connectivity index (χ1v) is 5.77. The lowest BCUT2D eigenvalue weighted by Gasteiger charge is -2.09. The smallest absolute Gasteiger partial charge is 0.114 e. The molecule has 1 aromatic rings. The summed E-state index contributed by atoms with van der Waals surface area (Å²) in [6.07, 6.45) is 0. The van der Waals surface area contributed by atoms with E-state index in [0.717, 1.165) is 23.0 Å². The molecule has 3 nitrogen and oxygen atoms in total. The second kappa shape index (κ2) is 5.74. The van der Waals surface area contributed by atoms with Gasteiger partial charge < -0.3 is 4.90 Å². The van der Waals surface area contributed by atoms with E-state index in [9.17, 15) is 0 Å².